The van der Waals surface area contributed by atoms with Gasteiger partial charge in [-0.05, 0) is 37.4 Å². The van der Waals surface area contributed by atoms with Crippen LogP contribution in [0, 0.1) is 5.92 Å². The topological polar surface area (TPSA) is 56.8 Å². The minimum absolute atomic E-state index is 0.0322. The van der Waals surface area contributed by atoms with Gasteiger partial charge in [0, 0.05) is 51.6 Å². The zero-order valence-corrected chi connectivity index (χ0v) is 15.1. The summed E-state index contributed by atoms with van der Waals surface area (Å²) < 4.78 is 5.13. The molecule has 2 amide bonds. The fourth-order valence-corrected chi connectivity index (χ4v) is 3.73. The number of likely N-dealkylation sites (tertiary alicyclic amines) is 1. The van der Waals surface area contributed by atoms with Gasteiger partial charge in [0.2, 0.25) is 0 Å². The highest BCUT2D eigenvalue weighted by Gasteiger charge is 2.25. The number of benzene rings is 1. The van der Waals surface area contributed by atoms with Crippen LogP contribution in [0.25, 0.3) is 0 Å². The number of rotatable bonds is 7. The quantitative estimate of drug-likeness (QED) is 0.786. The van der Waals surface area contributed by atoms with E-state index >= 15 is 0 Å². The normalized spacial score (nSPS) is 23.8. The standard InChI is InChI=1S/C19H30N4O2/c1-25-12-11-22-9-7-16(14-22)13-20-19(24)21-17-8-10-23(15-17)18-5-3-2-4-6-18/h2-6,16-17H,7-15H2,1H3,(H2,20,21,24). The van der Waals surface area contributed by atoms with Gasteiger partial charge >= 0.3 is 6.03 Å². The van der Waals surface area contributed by atoms with Gasteiger partial charge < -0.3 is 25.2 Å². The summed E-state index contributed by atoms with van der Waals surface area (Å²) in [5.41, 5.74) is 1.23. The number of nitrogens with one attached hydrogen (secondary N) is 2. The molecule has 0 saturated carbocycles. The number of anilines is 1. The second kappa shape index (κ2) is 9.06. The van der Waals surface area contributed by atoms with Gasteiger partial charge in [0.25, 0.3) is 0 Å². The van der Waals surface area contributed by atoms with Crippen LogP contribution in [0.15, 0.2) is 30.3 Å². The second-order valence-corrected chi connectivity index (χ2v) is 7.07. The highest BCUT2D eigenvalue weighted by atomic mass is 16.5. The van der Waals surface area contributed by atoms with Gasteiger partial charge in [-0.2, -0.15) is 0 Å². The molecular weight excluding hydrogens is 316 g/mol. The molecule has 2 saturated heterocycles. The van der Waals surface area contributed by atoms with E-state index in [0.717, 1.165) is 58.7 Å². The van der Waals surface area contributed by atoms with Crippen LogP contribution in [0.5, 0.6) is 0 Å². The largest absolute Gasteiger partial charge is 0.383 e. The summed E-state index contributed by atoms with van der Waals surface area (Å²) in [7, 11) is 1.74. The lowest BCUT2D eigenvalue weighted by molar-refractivity contribution is 0.159. The maximum absolute atomic E-state index is 12.2. The van der Waals surface area contributed by atoms with Crippen LogP contribution in [-0.2, 0) is 4.74 Å². The summed E-state index contributed by atoms with van der Waals surface area (Å²) in [6.45, 7) is 6.54. The maximum atomic E-state index is 12.2. The number of ether oxygens (including phenoxy) is 1. The molecule has 0 bridgehead atoms. The summed E-state index contributed by atoms with van der Waals surface area (Å²) in [5, 5.41) is 6.18. The molecule has 6 heteroatoms. The average Bonchev–Trinajstić information content (AvgIpc) is 3.28. The lowest BCUT2D eigenvalue weighted by Gasteiger charge is -2.19. The first kappa shape index (κ1) is 18.0. The minimum atomic E-state index is -0.0322. The Bertz CT molecular complexity index is 539. The zero-order valence-electron chi connectivity index (χ0n) is 15.1. The number of hydrogen-bond acceptors (Lipinski definition) is 4. The molecule has 2 fully saturated rings. The Labute approximate surface area is 150 Å². The number of nitrogens with zero attached hydrogens (tertiary/aromatic N) is 2. The first-order valence-corrected chi connectivity index (χ1v) is 9.30. The number of carbonyl (C=O) groups excluding carboxylic acids is 1. The maximum Gasteiger partial charge on any atom is 0.315 e. The van der Waals surface area contributed by atoms with Crippen molar-refractivity contribution in [1.82, 2.24) is 15.5 Å². The van der Waals surface area contributed by atoms with Crippen LogP contribution in [0.3, 0.4) is 0 Å². The fourth-order valence-electron chi connectivity index (χ4n) is 3.73. The predicted molar refractivity (Wildman–Crippen MR) is 100 cm³/mol. The molecule has 3 rings (SSSR count). The zero-order chi connectivity index (χ0) is 17.5. The molecule has 2 atom stereocenters. The van der Waals surface area contributed by atoms with E-state index in [9.17, 15) is 4.79 Å². The Morgan fingerprint density at radius 3 is 2.84 bits per heavy atom. The summed E-state index contributed by atoms with van der Waals surface area (Å²) in [4.78, 5) is 16.9. The molecule has 138 valence electrons. The number of hydrogen-bond donors (Lipinski definition) is 2. The number of amides is 2. The van der Waals surface area contributed by atoms with Crippen molar-refractivity contribution in [3.05, 3.63) is 30.3 Å². The Morgan fingerprint density at radius 1 is 1.20 bits per heavy atom. The number of urea groups is 1. The second-order valence-electron chi connectivity index (χ2n) is 7.07. The van der Waals surface area contributed by atoms with Crippen LogP contribution in [0.2, 0.25) is 0 Å². The number of carbonyl (C=O) groups is 1. The lowest BCUT2D eigenvalue weighted by atomic mass is 10.1. The van der Waals surface area contributed by atoms with Crippen molar-refractivity contribution in [2.75, 3.05) is 57.9 Å². The molecule has 0 aromatic heterocycles. The van der Waals surface area contributed by atoms with Gasteiger partial charge in [0.15, 0.2) is 0 Å². The highest BCUT2D eigenvalue weighted by Crippen LogP contribution is 2.19. The predicted octanol–water partition coefficient (Wildman–Crippen LogP) is 1.53. The molecule has 2 aliphatic heterocycles. The van der Waals surface area contributed by atoms with Gasteiger partial charge in [0.1, 0.15) is 0 Å². The third-order valence-corrected chi connectivity index (χ3v) is 5.18. The van der Waals surface area contributed by atoms with E-state index in [1.54, 1.807) is 7.11 Å². The summed E-state index contributed by atoms with van der Waals surface area (Å²) in [6, 6.07) is 10.6. The molecule has 2 N–H and O–H groups in total. The van der Waals surface area contributed by atoms with Crippen molar-refractivity contribution < 1.29 is 9.53 Å². The van der Waals surface area contributed by atoms with Gasteiger partial charge in [-0.1, -0.05) is 18.2 Å². The Morgan fingerprint density at radius 2 is 2.04 bits per heavy atom. The molecule has 1 aromatic carbocycles. The highest BCUT2D eigenvalue weighted by molar-refractivity contribution is 5.74. The van der Waals surface area contributed by atoms with Crippen LogP contribution in [-0.4, -0.2) is 70.0 Å². The first-order valence-electron chi connectivity index (χ1n) is 9.30. The Balaban J connectivity index is 1.34. The molecule has 1 aromatic rings. The van der Waals surface area contributed by atoms with Crippen molar-refractivity contribution in [2.24, 2.45) is 5.92 Å². The molecule has 0 spiro atoms. The average molecular weight is 346 g/mol. The number of para-hydroxylation sites is 1. The SMILES string of the molecule is COCCN1CCC(CNC(=O)NC2CCN(c3ccccc3)C2)C1. The Kier molecular flexibility index (Phi) is 6.53. The van der Waals surface area contributed by atoms with Crippen molar-refractivity contribution in [3.8, 4) is 0 Å². The molecular formula is C19H30N4O2. The molecule has 0 radical (unpaired) electrons. The van der Waals surface area contributed by atoms with E-state index in [1.165, 1.54) is 5.69 Å². The van der Waals surface area contributed by atoms with Crippen molar-refractivity contribution in [1.29, 1.82) is 0 Å². The third-order valence-electron chi connectivity index (χ3n) is 5.18. The molecule has 2 unspecified atom stereocenters. The lowest BCUT2D eigenvalue weighted by Crippen LogP contribution is -2.45. The van der Waals surface area contributed by atoms with E-state index in [-0.39, 0.29) is 12.1 Å². The smallest absolute Gasteiger partial charge is 0.315 e. The number of methoxy groups -OCH3 is 1. The van der Waals surface area contributed by atoms with Crippen molar-refractivity contribution >= 4 is 11.7 Å². The monoisotopic (exact) mass is 346 g/mol. The van der Waals surface area contributed by atoms with Gasteiger partial charge in [-0.3, -0.25) is 0 Å². The molecule has 6 nitrogen and oxygen atoms in total. The van der Waals surface area contributed by atoms with Crippen LogP contribution in [0.1, 0.15) is 12.8 Å². The molecule has 0 aliphatic carbocycles. The fraction of sp³-hybridized carbons (Fsp3) is 0.632. The Hall–Kier alpha value is -1.79. The van der Waals surface area contributed by atoms with E-state index < -0.39 is 0 Å². The van der Waals surface area contributed by atoms with Gasteiger partial charge in [-0.15, -0.1) is 0 Å². The molecule has 2 aliphatic rings. The van der Waals surface area contributed by atoms with E-state index in [0.29, 0.717) is 5.92 Å². The minimum Gasteiger partial charge on any atom is -0.383 e. The van der Waals surface area contributed by atoms with Crippen LogP contribution >= 0.6 is 0 Å². The summed E-state index contributed by atoms with van der Waals surface area (Å²) in [5.74, 6) is 0.548. The summed E-state index contributed by atoms with van der Waals surface area (Å²) >= 11 is 0. The van der Waals surface area contributed by atoms with E-state index in [1.807, 2.05) is 6.07 Å². The van der Waals surface area contributed by atoms with Crippen molar-refractivity contribution in [3.63, 3.8) is 0 Å². The van der Waals surface area contributed by atoms with E-state index in [4.69, 9.17) is 4.74 Å². The van der Waals surface area contributed by atoms with Crippen molar-refractivity contribution in [2.45, 2.75) is 18.9 Å². The summed E-state index contributed by atoms with van der Waals surface area (Å²) in [6.07, 6.45) is 2.14. The van der Waals surface area contributed by atoms with Gasteiger partial charge in [0.05, 0.1) is 6.61 Å². The molecule has 25 heavy (non-hydrogen) atoms. The molecule has 2 heterocycles. The third kappa shape index (κ3) is 5.34. The first-order chi connectivity index (χ1) is 12.2. The van der Waals surface area contributed by atoms with Gasteiger partial charge in [-0.25, -0.2) is 4.79 Å². The van der Waals surface area contributed by atoms with Crippen LogP contribution in [0.4, 0.5) is 10.5 Å². The van der Waals surface area contributed by atoms with Crippen LogP contribution < -0.4 is 15.5 Å². The van der Waals surface area contributed by atoms with E-state index in [2.05, 4.69) is 44.7 Å².